The van der Waals surface area contributed by atoms with Crippen molar-refractivity contribution >= 4 is 0 Å². The molecule has 0 saturated carbocycles. The minimum atomic E-state index is -1.62. The second-order valence-corrected chi connectivity index (χ2v) is 1.77. The molecular weight excluding hydrogens is 137 g/mol. The summed E-state index contributed by atoms with van der Waals surface area (Å²) in [6, 6.07) is 2.32. The molecule has 10 heavy (non-hydrogen) atoms. The van der Waals surface area contributed by atoms with Gasteiger partial charge in [0.15, 0.2) is 6.29 Å². The molecule has 0 atom stereocenters. The molecule has 2 N–H and O–H groups in total. The quantitative estimate of drug-likeness (QED) is 0.552. The van der Waals surface area contributed by atoms with Crippen LogP contribution < -0.4 is 0 Å². The van der Waals surface area contributed by atoms with Gasteiger partial charge in [0.05, 0.1) is 11.9 Å². The predicted molar refractivity (Wildman–Crippen MR) is 31.4 cm³/mol. The molecule has 1 aromatic rings. The summed E-state index contributed by atoms with van der Waals surface area (Å²) in [5.41, 5.74) is 0.0430. The van der Waals surface area contributed by atoms with E-state index in [1.165, 1.54) is 6.07 Å². The van der Waals surface area contributed by atoms with Gasteiger partial charge in [0.25, 0.3) is 0 Å². The lowest BCUT2D eigenvalue weighted by atomic mass is 10.3. The first kappa shape index (κ1) is 7.11. The van der Waals surface area contributed by atoms with E-state index < -0.39 is 12.1 Å². The van der Waals surface area contributed by atoms with Crippen molar-refractivity contribution < 1.29 is 14.6 Å². The molecule has 0 unspecified atom stereocenters. The maximum Gasteiger partial charge on any atom is 0.196 e. The zero-order valence-electron chi connectivity index (χ0n) is 5.03. The first-order valence-corrected chi connectivity index (χ1v) is 2.68. The second kappa shape index (κ2) is 2.72. The summed E-state index contributed by atoms with van der Waals surface area (Å²) in [6.45, 7) is 0. The molecule has 1 aromatic heterocycles. The molecule has 0 spiro atoms. The third-order valence-corrected chi connectivity index (χ3v) is 1.01. The summed E-state index contributed by atoms with van der Waals surface area (Å²) in [7, 11) is 0. The summed E-state index contributed by atoms with van der Waals surface area (Å²) < 4.78 is 12.1. The molecule has 0 amide bonds. The fraction of sp³-hybridized carbons (Fsp3) is 0.167. The van der Waals surface area contributed by atoms with Crippen LogP contribution in [-0.2, 0) is 0 Å². The molecule has 3 nitrogen and oxygen atoms in total. The van der Waals surface area contributed by atoms with Crippen LogP contribution in [0.1, 0.15) is 12.0 Å². The first-order chi connectivity index (χ1) is 4.70. The Balaban J connectivity index is 2.89. The highest BCUT2D eigenvalue weighted by Gasteiger charge is 2.01. The molecule has 1 rings (SSSR count). The Morgan fingerprint density at radius 2 is 2.10 bits per heavy atom. The van der Waals surface area contributed by atoms with Crippen molar-refractivity contribution in [3.63, 3.8) is 0 Å². The standard InChI is InChI=1S/C6H6FNO2/c7-4-1-2-5(6(9)10)8-3-4/h1-3,6,9-10H. The number of rotatable bonds is 1. The predicted octanol–water partition coefficient (Wildman–Crippen LogP) is 0.204. The van der Waals surface area contributed by atoms with Crippen molar-refractivity contribution in [1.82, 2.24) is 4.98 Å². The van der Waals surface area contributed by atoms with Crippen molar-refractivity contribution in [1.29, 1.82) is 0 Å². The molecule has 0 bridgehead atoms. The molecule has 0 aliphatic rings. The lowest BCUT2D eigenvalue weighted by molar-refractivity contribution is -0.0458. The number of nitrogens with zero attached hydrogens (tertiary/aromatic N) is 1. The zero-order chi connectivity index (χ0) is 7.56. The Bertz CT molecular complexity index is 209. The number of aliphatic hydroxyl groups is 2. The Hall–Kier alpha value is -1.00. The van der Waals surface area contributed by atoms with E-state index in [2.05, 4.69) is 4.98 Å². The molecule has 0 aliphatic carbocycles. The van der Waals surface area contributed by atoms with E-state index in [-0.39, 0.29) is 5.69 Å². The van der Waals surface area contributed by atoms with E-state index >= 15 is 0 Å². The maximum absolute atomic E-state index is 12.1. The van der Waals surface area contributed by atoms with E-state index in [1.807, 2.05) is 0 Å². The van der Waals surface area contributed by atoms with E-state index in [4.69, 9.17) is 10.2 Å². The van der Waals surface area contributed by atoms with Crippen LogP contribution >= 0.6 is 0 Å². The molecule has 0 aromatic carbocycles. The highest BCUT2D eigenvalue weighted by molar-refractivity contribution is 5.05. The molecule has 0 aliphatic heterocycles. The smallest absolute Gasteiger partial charge is 0.196 e. The average Bonchev–Trinajstić information content (AvgIpc) is 1.88. The van der Waals surface area contributed by atoms with Gasteiger partial charge in [-0.3, -0.25) is 4.98 Å². The Labute approximate surface area is 56.8 Å². The summed E-state index contributed by atoms with van der Waals surface area (Å²) in [6.07, 6.45) is -0.699. The fourth-order valence-electron chi connectivity index (χ4n) is 0.540. The van der Waals surface area contributed by atoms with E-state index in [0.29, 0.717) is 0 Å². The minimum Gasteiger partial charge on any atom is -0.363 e. The van der Waals surface area contributed by atoms with Gasteiger partial charge >= 0.3 is 0 Å². The van der Waals surface area contributed by atoms with Crippen LogP contribution in [0.3, 0.4) is 0 Å². The van der Waals surface area contributed by atoms with Crippen LogP contribution in [0.5, 0.6) is 0 Å². The minimum absolute atomic E-state index is 0.0430. The van der Waals surface area contributed by atoms with Gasteiger partial charge < -0.3 is 10.2 Å². The van der Waals surface area contributed by atoms with Crippen molar-refractivity contribution in [2.75, 3.05) is 0 Å². The van der Waals surface area contributed by atoms with E-state index in [9.17, 15) is 4.39 Å². The number of aliphatic hydroxyl groups excluding tert-OH is 1. The Kier molecular flexibility index (Phi) is 1.94. The zero-order valence-corrected chi connectivity index (χ0v) is 5.03. The van der Waals surface area contributed by atoms with Gasteiger partial charge in [-0.05, 0) is 12.1 Å². The lowest BCUT2D eigenvalue weighted by Crippen LogP contribution is -1.97. The van der Waals surface area contributed by atoms with Crippen LogP contribution in [0.4, 0.5) is 4.39 Å². The van der Waals surface area contributed by atoms with Gasteiger partial charge in [0, 0.05) is 0 Å². The number of hydrogen-bond donors (Lipinski definition) is 2. The largest absolute Gasteiger partial charge is 0.363 e. The molecule has 54 valence electrons. The first-order valence-electron chi connectivity index (χ1n) is 2.68. The fourth-order valence-corrected chi connectivity index (χ4v) is 0.540. The van der Waals surface area contributed by atoms with Gasteiger partial charge in [-0.25, -0.2) is 4.39 Å². The van der Waals surface area contributed by atoms with Crippen LogP contribution in [0.2, 0.25) is 0 Å². The number of halogens is 1. The number of aromatic nitrogens is 1. The van der Waals surface area contributed by atoms with Gasteiger partial charge in [-0.1, -0.05) is 0 Å². The van der Waals surface area contributed by atoms with Crippen LogP contribution in [0.25, 0.3) is 0 Å². The van der Waals surface area contributed by atoms with E-state index in [0.717, 1.165) is 12.3 Å². The summed E-state index contributed by atoms with van der Waals surface area (Å²) in [5.74, 6) is -0.496. The monoisotopic (exact) mass is 143 g/mol. The Morgan fingerprint density at radius 1 is 1.40 bits per heavy atom. The normalized spacial score (nSPS) is 10.4. The molecule has 0 fully saturated rings. The van der Waals surface area contributed by atoms with Crippen molar-refractivity contribution in [3.05, 3.63) is 29.8 Å². The molecule has 0 radical (unpaired) electrons. The highest BCUT2D eigenvalue weighted by atomic mass is 19.1. The Morgan fingerprint density at radius 3 is 2.50 bits per heavy atom. The van der Waals surface area contributed by atoms with Crippen molar-refractivity contribution in [3.8, 4) is 0 Å². The average molecular weight is 143 g/mol. The molecular formula is C6H6FNO2. The lowest BCUT2D eigenvalue weighted by Gasteiger charge is -1.99. The van der Waals surface area contributed by atoms with Crippen molar-refractivity contribution in [2.45, 2.75) is 6.29 Å². The van der Waals surface area contributed by atoms with Gasteiger partial charge in [-0.15, -0.1) is 0 Å². The van der Waals surface area contributed by atoms with Crippen LogP contribution in [-0.4, -0.2) is 15.2 Å². The van der Waals surface area contributed by atoms with Crippen LogP contribution in [0, 0.1) is 5.82 Å². The molecule has 1 heterocycles. The highest BCUT2D eigenvalue weighted by Crippen LogP contribution is 2.05. The summed E-state index contributed by atoms with van der Waals surface area (Å²) in [4.78, 5) is 3.40. The maximum atomic E-state index is 12.1. The van der Waals surface area contributed by atoms with E-state index in [1.54, 1.807) is 0 Å². The topological polar surface area (TPSA) is 53.4 Å². The SMILES string of the molecule is OC(O)c1ccc(F)cn1. The van der Waals surface area contributed by atoms with Gasteiger partial charge in [-0.2, -0.15) is 0 Å². The van der Waals surface area contributed by atoms with Gasteiger partial charge in [0.1, 0.15) is 5.82 Å². The number of pyridine rings is 1. The summed E-state index contributed by atoms with van der Waals surface area (Å²) >= 11 is 0. The summed E-state index contributed by atoms with van der Waals surface area (Å²) in [5, 5.41) is 17.0. The third kappa shape index (κ3) is 1.49. The van der Waals surface area contributed by atoms with Gasteiger partial charge in [0.2, 0.25) is 0 Å². The molecule has 4 heteroatoms. The van der Waals surface area contributed by atoms with Crippen LogP contribution in [0.15, 0.2) is 18.3 Å². The number of hydrogen-bond acceptors (Lipinski definition) is 3. The van der Waals surface area contributed by atoms with Crippen molar-refractivity contribution in [2.24, 2.45) is 0 Å². The second-order valence-electron chi connectivity index (χ2n) is 1.77. The third-order valence-electron chi connectivity index (χ3n) is 1.01. The molecule has 0 saturated heterocycles.